The number of ether oxygens (including phenoxy) is 1. The number of halogens is 1. The van der Waals surface area contributed by atoms with Crippen molar-refractivity contribution in [3.8, 4) is 28.3 Å². The SMILES string of the molecule is Cc1ccccc1-c1cnc(-c2cccnc2)nc1C1CCN(C(=O)COc2ccc(Cl)cc2)CC1. The minimum Gasteiger partial charge on any atom is -0.484 e. The number of aromatic nitrogens is 3. The number of hydrogen-bond acceptors (Lipinski definition) is 5. The van der Waals surface area contributed by atoms with Gasteiger partial charge in [-0.25, -0.2) is 9.97 Å². The second-order valence-corrected chi connectivity index (χ2v) is 9.38. The van der Waals surface area contributed by atoms with E-state index in [0.717, 1.165) is 35.2 Å². The number of amides is 1. The van der Waals surface area contributed by atoms with Crippen molar-refractivity contribution in [2.75, 3.05) is 19.7 Å². The van der Waals surface area contributed by atoms with E-state index in [1.807, 2.05) is 35.4 Å². The molecule has 0 spiro atoms. The molecule has 1 fully saturated rings. The monoisotopic (exact) mass is 498 g/mol. The third-order valence-corrected chi connectivity index (χ3v) is 6.84. The molecule has 1 aliphatic heterocycles. The fraction of sp³-hybridized carbons (Fsp3) is 0.241. The number of likely N-dealkylation sites (tertiary alicyclic amines) is 1. The van der Waals surface area contributed by atoms with Gasteiger partial charge in [0.1, 0.15) is 5.75 Å². The summed E-state index contributed by atoms with van der Waals surface area (Å²) in [6, 6.07) is 19.2. The first-order valence-corrected chi connectivity index (χ1v) is 12.5. The van der Waals surface area contributed by atoms with Crippen LogP contribution in [0.3, 0.4) is 0 Å². The van der Waals surface area contributed by atoms with Crippen LogP contribution in [-0.4, -0.2) is 45.5 Å². The fourth-order valence-electron chi connectivity index (χ4n) is 4.59. The molecule has 2 aromatic carbocycles. The van der Waals surface area contributed by atoms with E-state index in [2.05, 4.69) is 29.0 Å². The van der Waals surface area contributed by atoms with Crippen molar-refractivity contribution >= 4 is 17.5 Å². The summed E-state index contributed by atoms with van der Waals surface area (Å²) >= 11 is 5.92. The first-order chi connectivity index (χ1) is 17.6. The number of piperidine rings is 1. The predicted molar refractivity (Wildman–Crippen MR) is 141 cm³/mol. The van der Waals surface area contributed by atoms with Crippen LogP contribution in [0.5, 0.6) is 5.75 Å². The Kier molecular flexibility index (Phi) is 7.23. The quantitative estimate of drug-likeness (QED) is 0.328. The van der Waals surface area contributed by atoms with Crippen molar-refractivity contribution in [1.29, 1.82) is 0 Å². The van der Waals surface area contributed by atoms with Crippen LogP contribution < -0.4 is 4.74 Å². The van der Waals surface area contributed by atoms with Crippen molar-refractivity contribution < 1.29 is 9.53 Å². The van der Waals surface area contributed by atoms with E-state index in [1.165, 1.54) is 5.56 Å². The highest BCUT2D eigenvalue weighted by Gasteiger charge is 2.28. The molecule has 1 amide bonds. The van der Waals surface area contributed by atoms with Gasteiger partial charge in [0.2, 0.25) is 0 Å². The van der Waals surface area contributed by atoms with Crippen molar-refractivity contribution in [3.63, 3.8) is 0 Å². The van der Waals surface area contributed by atoms with Crippen LogP contribution in [0.25, 0.3) is 22.5 Å². The molecule has 1 saturated heterocycles. The average molecular weight is 499 g/mol. The van der Waals surface area contributed by atoms with E-state index < -0.39 is 0 Å². The third kappa shape index (κ3) is 5.39. The van der Waals surface area contributed by atoms with Gasteiger partial charge in [0.25, 0.3) is 5.91 Å². The van der Waals surface area contributed by atoms with Gasteiger partial charge in [-0.05, 0) is 67.3 Å². The van der Waals surface area contributed by atoms with Gasteiger partial charge in [-0.1, -0.05) is 35.9 Å². The van der Waals surface area contributed by atoms with E-state index in [-0.39, 0.29) is 18.4 Å². The standard InChI is InChI=1S/C29H27ClN4O2/c1-20-5-2-3-7-25(20)26-18-32-29(22-6-4-14-31-17-22)33-28(26)21-12-15-34(16-13-21)27(35)19-36-24-10-8-23(30)9-11-24/h2-11,14,17-18,21H,12-13,15-16,19H2,1H3. The molecule has 0 bridgehead atoms. The van der Waals surface area contributed by atoms with E-state index in [4.69, 9.17) is 21.3 Å². The molecule has 4 aromatic rings. The summed E-state index contributed by atoms with van der Waals surface area (Å²) in [5.41, 5.74) is 5.30. The van der Waals surface area contributed by atoms with Crippen molar-refractivity contribution in [1.82, 2.24) is 19.9 Å². The summed E-state index contributed by atoms with van der Waals surface area (Å²) < 4.78 is 5.67. The van der Waals surface area contributed by atoms with E-state index >= 15 is 0 Å². The third-order valence-electron chi connectivity index (χ3n) is 6.58. The Hall–Kier alpha value is -3.77. The van der Waals surface area contributed by atoms with E-state index in [9.17, 15) is 4.79 Å². The van der Waals surface area contributed by atoms with Crippen molar-refractivity contribution in [2.45, 2.75) is 25.7 Å². The van der Waals surface area contributed by atoms with Gasteiger partial charge in [0, 0.05) is 53.7 Å². The number of carbonyl (C=O) groups excluding carboxylic acids is 1. The zero-order valence-electron chi connectivity index (χ0n) is 20.1. The molecule has 0 saturated carbocycles. The summed E-state index contributed by atoms with van der Waals surface area (Å²) in [6.45, 7) is 3.44. The molecule has 0 N–H and O–H groups in total. The van der Waals surface area contributed by atoms with Crippen LogP contribution >= 0.6 is 11.6 Å². The lowest BCUT2D eigenvalue weighted by Gasteiger charge is -2.32. The van der Waals surface area contributed by atoms with Crippen molar-refractivity contribution in [2.24, 2.45) is 0 Å². The normalized spacial score (nSPS) is 14.0. The lowest BCUT2D eigenvalue weighted by Crippen LogP contribution is -2.40. The predicted octanol–water partition coefficient (Wildman–Crippen LogP) is 5.95. The van der Waals surface area contributed by atoms with Crippen LogP contribution in [0.15, 0.2) is 79.3 Å². The summed E-state index contributed by atoms with van der Waals surface area (Å²) in [4.78, 5) is 28.6. The molecule has 36 heavy (non-hydrogen) atoms. The summed E-state index contributed by atoms with van der Waals surface area (Å²) in [5, 5.41) is 0.636. The van der Waals surface area contributed by atoms with Crippen LogP contribution in [0, 0.1) is 6.92 Å². The molecule has 5 rings (SSSR count). The molecule has 2 aromatic heterocycles. The molecule has 6 nitrogen and oxygen atoms in total. The Bertz CT molecular complexity index is 1340. The Morgan fingerprint density at radius 3 is 2.50 bits per heavy atom. The molecular weight excluding hydrogens is 472 g/mol. The Morgan fingerprint density at radius 2 is 1.78 bits per heavy atom. The Balaban J connectivity index is 1.34. The molecule has 0 radical (unpaired) electrons. The number of nitrogens with zero attached hydrogens (tertiary/aromatic N) is 4. The first kappa shape index (κ1) is 23.9. The summed E-state index contributed by atoms with van der Waals surface area (Å²) in [7, 11) is 0. The number of aryl methyl sites for hydroxylation is 1. The zero-order valence-corrected chi connectivity index (χ0v) is 20.9. The minimum absolute atomic E-state index is 0.0127. The second kappa shape index (κ2) is 10.9. The summed E-state index contributed by atoms with van der Waals surface area (Å²) in [5.74, 6) is 1.51. The largest absolute Gasteiger partial charge is 0.484 e. The highest BCUT2D eigenvalue weighted by Crippen LogP contribution is 2.36. The number of hydrogen-bond donors (Lipinski definition) is 0. The highest BCUT2D eigenvalue weighted by molar-refractivity contribution is 6.30. The van der Waals surface area contributed by atoms with Gasteiger partial charge < -0.3 is 9.64 Å². The number of benzene rings is 2. The van der Waals surface area contributed by atoms with Gasteiger partial charge in [-0.15, -0.1) is 0 Å². The molecular formula is C29H27ClN4O2. The smallest absolute Gasteiger partial charge is 0.260 e. The molecule has 1 aliphatic rings. The zero-order chi connectivity index (χ0) is 24.9. The molecule has 3 heterocycles. The maximum Gasteiger partial charge on any atom is 0.260 e. The lowest BCUT2D eigenvalue weighted by molar-refractivity contribution is -0.134. The van der Waals surface area contributed by atoms with Crippen LogP contribution in [0.1, 0.15) is 30.0 Å². The van der Waals surface area contributed by atoms with Gasteiger partial charge in [-0.2, -0.15) is 0 Å². The van der Waals surface area contributed by atoms with Crippen LogP contribution in [-0.2, 0) is 4.79 Å². The number of carbonyl (C=O) groups is 1. The van der Waals surface area contributed by atoms with Gasteiger partial charge in [0.05, 0.1) is 5.69 Å². The van der Waals surface area contributed by atoms with Crippen molar-refractivity contribution in [3.05, 3.63) is 95.5 Å². The second-order valence-electron chi connectivity index (χ2n) is 8.95. The fourth-order valence-corrected chi connectivity index (χ4v) is 4.72. The molecule has 0 unspecified atom stereocenters. The highest BCUT2D eigenvalue weighted by atomic mass is 35.5. The molecule has 7 heteroatoms. The molecule has 0 aliphatic carbocycles. The Labute approximate surface area is 216 Å². The average Bonchev–Trinajstić information content (AvgIpc) is 2.93. The van der Waals surface area contributed by atoms with Gasteiger partial charge >= 0.3 is 0 Å². The maximum atomic E-state index is 12.8. The topological polar surface area (TPSA) is 68.2 Å². The maximum absolute atomic E-state index is 12.8. The van der Waals surface area contributed by atoms with E-state index in [1.54, 1.807) is 36.7 Å². The van der Waals surface area contributed by atoms with Gasteiger partial charge in [0.15, 0.2) is 12.4 Å². The van der Waals surface area contributed by atoms with Crippen LogP contribution in [0.2, 0.25) is 5.02 Å². The Morgan fingerprint density at radius 1 is 1.00 bits per heavy atom. The number of rotatable bonds is 6. The molecule has 182 valence electrons. The van der Waals surface area contributed by atoms with Gasteiger partial charge in [-0.3, -0.25) is 9.78 Å². The lowest BCUT2D eigenvalue weighted by atomic mass is 9.87. The minimum atomic E-state index is -0.0127. The summed E-state index contributed by atoms with van der Waals surface area (Å²) in [6.07, 6.45) is 7.12. The number of pyridine rings is 1. The first-order valence-electron chi connectivity index (χ1n) is 12.1. The van der Waals surface area contributed by atoms with E-state index in [0.29, 0.717) is 29.7 Å². The van der Waals surface area contributed by atoms with Crippen LogP contribution in [0.4, 0.5) is 0 Å². The molecule has 0 atom stereocenters.